The first-order valence-corrected chi connectivity index (χ1v) is 13.5. The summed E-state index contributed by atoms with van der Waals surface area (Å²) in [5.41, 5.74) is 2.13. The number of hydrogen-bond donors (Lipinski definition) is 2. The van der Waals surface area contributed by atoms with Crippen LogP contribution in [0.15, 0.2) is 64.9 Å². The molecule has 0 unspecified atom stereocenters. The zero-order valence-electron chi connectivity index (χ0n) is 21.2. The Morgan fingerprint density at radius 1 is 1.10 bits per heavy atom. The van der Waals surface area contributed by atoms with Gasteiger partial charge in [-0.1, -0.05) is 6.07 Å². The maximum Gasteiger partial charge on any atom is 0.265 e. The molecule has 0 atom stereocenters. The van der Waals surface area contributed by atoms with Crippen LogP contribution in [-0.4, -0.2) is 39.3 Å². The summed E-state index contributed by atoms with van der Waals surface area (Å²) in [4.78, 5) is 12.4. The van der Waals surface area contributed by atoms with Crippen LogP contribution in [0.4, 0.5) is 30.4 Å². The van der Waals surface area contributed by atoms with Gasteiger partial charge in [-0.05, 0) is 42.8 Å². The summed E-state index contributed by atoms with van der Waals surface area (Å²) < 4.78 is 75.2. The number of fused-ring (bicyclic) bond motifs is 3. The topological polar surface area (TPSA) is 119 Å². The molecule has 2 aromatic carbocycles. The molecule has 6 rings (SSSR count). The molecular weight excluding hydrogens is 545 g/mol. The Morgan fingerprint density at radius 3 is 2.70 bits per heavy atom. The van der Waals surface area contributed by atoms with Crippen molar-refractivity contribution in [2.24, 2.45) is 12.0 Å². The lowest BCUT2D eigenvalue weighted by Gasteiger charge is -2.20. The minimum Gasteiger partial charge on any atom is -0.369 e. The van der Waals surface area contributed by atoms with Gasteiger partial charge in [0.15, 0.2) is 5.82 Å². The normalized spacial score (nSPS) is 13.5. The summed E-state index contributed by atoms with van der Waals surface area (Å²) in [7, 11) is -2.86. The fourth-order valence-corrected chi connectivity index (χ4v) is 5.80. The minimum absolute atomic E-state index is 0.129. The fourth-order valence-electron chi connectivity index (χ4n) is 4.65. The van der Waals surface area contributed by atoms with Crippen molar-refractivity contribution in [1.29, 1.82) is 0 Å². The van der Waals surface area contributed by atoms with Gasteiger partial charge in [0.25, 0.3) is 15.6 Å². The highest BCUT2D eigenvalue weighted by molar-refractivity contribution is 7.92. The van der Waals surface area contributed by atoms with Crippen molar-refractivity contribution >= 4 is 27.2 Å². The SMILES string of the molecule is Cc1ccc(NS(=O)(=O)c2cc(F)ccc2F)c(F)c1-c1cc2cnc(=Nc3cnn(C)c3)nc-2n2c1NCC2. The quantitative estimate of drug-likeness (QED) is 0.332. The number of aromatic nitrogens is 5. The van der Waals surface area contributed by atoms with Crippen molar-refractivity contribution in [2.45, 2.75) is 18.4 Å². The van der Waals surface area contributed by atoms with Crippen LogP contribution in [-0.2, 0) is 23.6 Å². The van der Waals surface area contributed by atoms with Crippen LogP contribution in [0.2, 0.25) is 0 Å². The maximum absolute atomic E-state index is 16.0. The third kappa shape index (κ3) is 4.45. The second-order valence-corrected chi connectivity index (χ2v) is 10.9. The molecule has 2 N–H and O–H groups in total. The molecule has 0 amide bonds. The summed E-state index contributed by atoms with van der Waals surface area (Å²) in [6.45, 7) is 2.78. The fraction of sp³-hybridized carbons (Fsp3) is 0.154. The van der Waals surface area contributed by atoms with E-state index in [1.807, 2.05) is 4.57 Å². The number of hydrogen-bond acceptors (Lipinski definition) is 7. The van der Waals surface area contributed by atoms with Gasteiger partial charge >= 0.3 is 0 Å². The van der Waals surface area contributed by atoms with Gasteiger partial charge < -0.3 is 9.88 Å². The van der Waals surface area contributed by atoms with E-state index in [4.69, 9.17) is 0 Å². The van der Waals surface area contributed by atoms with Gasteiger partial charge in [-0.25, -0.2) is 31.6 Å². The number of nitrogens with zero attached hydrogens (tertiary/aromatic N) is 6. The molecule has 3 aliphatic rings. The lowest BCUT2D eigenvalue weighted by molar-refractivity contribution is 0.555. The molecule has 0 fully saturated rings. The van der Waals surface area contributed by atoms with E-state index in [-0.39, 0.29) is 11.2 Å². The van der Waals surface area contributed by atoms with Gasteiger partial charge in [-0.3, -0.25) is 9.40 Å². The summed E-state index contributed by atoms with van der Waals surface area (Å²) in [5.74, 6) is -1.82. The van der Waals surface area contributed by atoms with Crippen molar-refractivity contribution in [3.8, 4) is 22.5 Å². The third-order valence-electron chi connectivity index (χ3n) is 6.46. The molecule has 0 spiro atoms. The number of halogens is 3. The first-order chi connectivity index (χ1) is 19.1. The van der Waals surface area contributed by atoms with Gasteiger partial charge in [0.05, 0.1) is 18.1 Å². The van der Waals surface area contributed by atoms with Crippen LogP contribution in [0.1, 0.15) is 5.56 Å². The van der Waals surface area contributed by atoms with Crippen molar-refractivity contribution in [3.05, 3.63) is 83.6 Å². The molecule has 1 aromatic heterocycles. The van der Waals surface area contributed by atoms with Crippen LogP contribution in [0.5, 0.6) is 0 Å². The Kier molecular flexibility index (Phi) is 6.06. The molecule has 14 heteroatoms. The third-order valence-corrected chi connectivity index (χ3v) is 7.84. The second kappa shape index (κ2) is 9.48. The lowest BCUT2D eigenvalue weighted by Crippen LogP contribution is -2.18. The monoisotopic (exact) mass is 566 g/mol. The average Bonchev–Trinajstić information content (AvgIpc) is 3.57. The van der Waals surface area contributed by atoms with Crippen LogP contribution < -0.4 is 15.7 Å². The lowest BCUT2D eigenvalue weighted by atomic mass is 9.97. The summed E-state index contributed by atoms with van der Waals surface area (Å²) in [6, 6.07) is 6.52. The van der Waals surface area contributed by atoms with Gasteiger partial charge in [-0.2, -0.15) is 10.1 Å². The largest absolute Gasteiger partial charge is 0.369 e. The molecule has 3 aliphatic heterocycles. The molecule has 204 valence electrons. The van der Waals surface area contributed by atoms with E-state index in [0.29, 0.717) is 59.2 Å². The molecular formula is C26H21F3N8O2S. The van der Waals surface area contributed by atoms with E-state index in [0.717, 1.165) is 6.07 Å². The van der Waals surface area contributed by atoms with E-state index < -0.39 is 38.1 Å². The van der Waals surface area contributed by atoms with Crippen LogP contribution in [0.25, 0.3) is 22.5 Å². The van der Waals surface area contributed by atoms with Crippen LogP contribution >= 0.6 is 0 Å². The van der Waals surface area contributed by atoms with E-state index in [2.05, 4.69) is 30.1 Å². The standard InChI is InChI=1S/C26H21F3N8O2S/c1-14-3-6-20(35-40(38,39)21-10-16(27)4-5-19(21)28)23(29)22(14)18-9-15-11-31-26(33-17-12-32-36(2)13-17)34-24(15)37-8-7-30-25(18)37/h3-6,9-13,30,35H,7-8H2,1-2H3. The Morgan fingerprint density at radius 2 is 1.93 bits per heavy atom. The number of nitrogens with one attached hydrogen (secondary N) is 2. The van der Waals surface area contributed by atoms with Gasteiger partial charge in [0.2, 0.25) is 0 Å². The Hall–Kier alpha value is -4.72. The molecule has 3 aromatic rings. The summed E-state index contributed by atoms with van der Waals surface area (Å²) in [6.07, 6.45) is 4.90. The van der Waals surface area contributed by atoms with Crippen LogP contribution in [0.3, 0.4) is 0 Å². The Bertz CT molecular complexity index is 1950. The van der Waals surface area contributed by atoms with E-state index in [9.17, 15) is 17.2 Å². The predicted molar refractivity (Wildman–Crippen MR) is 141 cm³/mol. The van der Waals surface area contributed by atoms with Gasteiger partial charge in [0, 0.05) is 43.0 Å². The van der Waals surface area contributed by atoms with E-state index >= 15 is 4.39 Å². The highest BCUT2D eigenvalue weighted by atomic mass is 32.2. The first-order valence-electron chi connectivity index (χ1n) is 12.1. The summed E-state index contributed by atoms with van der Waals surface area (Å²) in [5, 5.41) is 7.34. The number of aryl methyl sites for hydroxylation is 2. The van der Waals surface area contributed by atoms with Gasteiger partial charge in [0.1, 0.15) is 33.9 Å². The van der Waals surface area contributed by atoms with E-state index in [1.54, 1.807) is 49.4 Å². The van der Waals surface area contributed by atoms with Crippen LogP contribution in [0, 0.1) is 24.4 Å². The maximum atomic E-state index is 16.0. The molecule has 40 heavy (non-hydrogen) atoms. The minimum atomic E-state index is -4.64. The number of pyridine rings is 1. The number of benzene rings is 2. The summed E-state index contributed by atoms with van der Waals surface area (Å²) >= 11 is 0. The molecule has 0 saturated carbocycles. The number of rotatable bonds is 5. The molecule has 0 aliphatic carbocycles. The molecule has 10 nitrogen and oxygen atoms in total. The van der Waals surface area contributed by atoms with Gasteiger partial charge in [-0.15, -0.1) is 0 Å². The first kappa shape index (κ1) is 25.6. The molecule has 4 heterocycles. The molecule has 0 radical (unpaired) electrons. The zero-order valence-corrected chi connectivity index (χ0v) is 22.0. The van der Waals surface area contributed by atoms with Crippen molar-refractivity contribution in [3.63, 3.8) is 0 Å². The second-order valence-electron chi connectivity index (χ2n) is 9.22. The Balaban J connectivity index is 1.47. The van der Waals surface area contributed by atoms with Crippen molar-refractivity contribution < 1.29 is 21.6 Å². The molecule has 0 saturated heterocycles. The number of anilines is 2. The Labute approximate surface area is 226 Å². The average molecular weight is 567 g/mol. The highest BCUT2D eigenvalue weighted by Gasteiger charge is 2.27. The van der Waals surface area contributed by atoms with Crippen molar-refractivity contribution in [1.82, 2.24) is 24.3 Å². The van der Waals surface area contributed by atoms with Crippen molar-refractivity contribution in [2.75, 3.05) is 16.6 Å². The highest BCUT2D eigenvalue weighted by Crippen LogP contribution is 2.41. The van der Waals surface area contributed by atoms with E-state index in [1.165, 1.54) is 6.07 Å². The zero-order chi connectivity index (χ0) is 28.2. The predicted octanol–water partition coefficient (Wildman–Crippen LogP) is 3.97. The molecule has 0 bridgehead atoms. The number of sulfonamides is 1. The smallest absolute Gasteiger partial charge is 0.265 e.